The summed E-state index contributed by atoms with van der Waals surface area (Å²) in [6, 6.07) is 5.20. The van der Waals surface area contributed by atoms with Gasteiger partial charge in [-0.25, -0.2) is 4.79 Å². The standard InChI is InChI=1S/C12H14O3S/c1-4-15-12(14)11(13)9-6-5-8(2)10(7-9)16-3/h5-7H,4H2,1-3H3. The average molecular weight is 238 g/mol. The molecular weight excluding hydrogens is 224 g/mol. The number of hydrogen-bond acceptors (Lipinski definition) is 4. The molecule has 0 radical (unpaired) electrons. The van der Waals surface area contributed by atoms with Crippen LogP contribution in [0.1, 0.15) is 22.8 Å². The molecule has 0 unspecified atom stereocenters. The van der Waals surface area contributed by atoms with E-state index < -0.39 is 11.8 Å². The predicted octanol–water partition coefficient (Wildman–Crippen LogP) is 2.46. The molecule has 16 heavy (non-hydrogen) atoms. The fourth-order valence-electron chi connectivity index (χ4n) is 1.28. The summed E-state index contributed by atoms with van der Waals surface area (Å²) >= 11 is 1.55. The van der Waals surface area contributed by atoms with E-state index in [1.165, 1.54) is 0 Å². The molecule has 0 saturated heterocycles. The first-order valence-electron chi connectivity index (χ1n) is 4.96. The summed E-state index contributed by atoms with van der Waals surface area (Å²) in [5.74, 6) is -1.38. The first kappa shape index (κ1) is 12.8. The molecule has 0 amide bonds. The number of benzene rings is 1. The van der Waals surface area contributed by atoms with Gasteiger partial charge in [0.05, 0.1) is 6.61 Å². The minimum Gasteiger partial charge on any atom is -0.460 e. The van der Waals surface area contributed by atoms with E-state index in [0.29, 0.717) is 5.56 Å². The minimum atomic E-state index is -0.793. The molecule has 0 N–H and O–H groups in total. The summed E-state index contributed by atoms with van der Waals surface area (Å²) in [6.07, 6.45) is 1.93. The first-order chi connectivity index (χ1) is 7.60. The molecule has 0 aliphatic heterocycles. The first-order valence-corrected chi connectivity index (χ1v) is 6.18. The highest BCUT2D eigenvalue weighted by Gasteiger charge is 2.17. The predicted molar refractivity (Wildman–Crippen MR) is 63.9 cm³/mol. The van der Waals surface area contributed by atoms with Crippen molar-refractivity contribution in [1.29, 1.82) is 0 Å². The third kappa shape index (κ3) is 2.85. The zero-order valence-electron chi connectivity index (χ0n) is 9.57. The van der Waals surface area contributed by atoms with Gasteiger partial charge < -0.3 is 4.74 Å². The lowest BCUT2D eigenvalue weighted by atomic mass is 10.1. The monoisotopic (exact) mass is 238 g/mol. The van der Waals surface area contributed by atoms with E-state index in [1.807, 2.05) is 19.2 Å². The quantitative estimate of drug-likeness (QED) is 0.350. The molecular formula is C12H14O3S. The Hall–Kier alpha value is -1.29. The number of esters is 1. The van der Waals surface area contributed by atoms with Crippen molar-refractivity contribution in [2.24, 2.45) is 0 Å². The van der Waals surface area contributed by atoms with Crippen molar-refractivity contribution in [3.63, 3.8) is 0 Å². The summed E-state index contributed by atoms with van der Waals surface area (Å²) in [4.78, 5) is 23.9. The van der Waals surface area contributed by atoms with Crippen molar-refractivity contribution in [1.82, 2.24) is 0 Å². The van der Waals surface area contributed by atoms with E-state index >= 15 is 0 Å². The van der Waals surface area contributed by atoms with Gasteiger partial charge in [0.1, 0.15) is 0 Å². The van der Waals surface area contributed by atoms with Crippen LogP contribution < -0.4 is 0 Å². The van der Waals surface area contributed by atoms with Crippen LogP contribution in [0.2, 0.25) is 0 Å². The molecule has 0 aliphatic carbocycles. The largest absolute Gasteiger partial charge is 0.460 e. The van der Waals surface area contributed by atoms with Gasteiger partial charge in [0.2, 0.25) is 0 Å². The van der Waals surface area contributed by atoms with Crippen molar-refractivity contribution < 1.29 is 14.3 Å². The highest BCUT2D eigenvalue weighted by molar-refractivity contribution is 7.98. The Morgan fingerprint density at radius 1 is 1.38 bits per heavy atom. The van der Waals surface area contributed by atoms with Crippen LogP contribution in [0.15, 0.2) is 23.1 Å². The molecule has 4 heteroatoms. The van der Waals surface area contributed by atoms with E-state index in [9.17, 15) is 9.59 Å². The number of Topliss-reactive ketones (excluding diaryl/α,β-unsaturated/α-hetero) is 1. The molecule has 0 bridgehead atoms. The molecule has 0 atom stereocenters. The number of aryl methyl sites for hydroxylation is 1. The summed E-state index contributed by atoms with van der Waals surface area (Å²) in [6.45, 7) is 3.85. The van der Waals surface area contributed by atoms with Gasteiger partial charge in [0.25, 0.3) is 5.78 Å². The number of carbonyl (C=O) groups is 2. The zero-order valence-corrected chi connectivity index (χ0v) is 10.4. The molecule has 0 heterocycles. The molecule has 0 saturated carbocycles. The second-order valence-electron chi connectivity index (χ2n) is 3.23. The number of carbonyl (C=O) groups excluding carboxylic acids is 2. The van der Waals surface area contributed by atoms with Gasteiger partial charge >= 0.3 is 5.97 Å². The number of thioether (sulfide) groups is 1. The highest BCUT2D eigenvalue weighted by atomic mass is 32.2. The summed E-state index contributed by atoms with van der Waals surface area (Å²) in [7, 11) is 0. The van der Waals surface area contributed by atoms with Gasteiger partial charge in [-0.15, -0.1) is 11.8 Å². The minimum absolute atomic E-state index is 0.214. The van der Waals surface area contributed by atoms with E-state index in [2.05, 4.69) is 4.74 Å². The Morgan fingerprint density at radius 2 is 2.06 bits per heavy atom. The average Bonchev–Trinajstić information content (AvgIpc) is 2.29. The SMILES string of the molecule is CCOC(=O)C(=O)c1ccc(C)c(SC)c1. The van der Waals surface area contributed by atoms with Crippen molar-refractivity contribution in [2.45, 2.75) is 18.7 Å². The number of rotatable bonds is 4. The number of ether oxygens (including phenoxy) is 1. The lowest BCUT2D eigenvalue weighted by molar-refractivity contribution is -0.137. The van der Waals surface area contributed by atoms with E-state index in [-0.39, 0.29) is 6.61 Å². The molecule has 0 aromatic heterocycles. The molecule has 1 aromatic rings. The van der Waals surface area contributed by atoms with Crippen LogP contribution in [0.4, 0.5) is 0 Å². The van der Waals surface area contributed by atoms with Crippen LogP contribution in [0.5, 0.6) is 0 Å². The number of ketones is 1. The van der Waals surface area contributed by atoms with Gasteiger partial charge in [-0.05, 0) is 31.7 Å². The Kier molecular flexibility index (Phi) is 4.55. The third-order valence-electron chi connectivity index (χ3n) is 2.13. The second kappa shape index (κ2) is 5.70. The van der Waals surface area contributed by atoms with Crippen LogP contribution in [0.25, 0.3) is 0 Å². The van der Waals surface area contributed by atoms with Crippen LogP contribution >= 0.6 is 11.8 Å². The van der Waals surface area contributed by atoms with Crippen molar-refractivity contribution in [3.8, 4) is 0 Å². The molecule has 1 rings (SSSR count). The molecule has 0 fully saturated rings. The van der Waals surface area contributed by atoms with Gasteiger partial charge in [-0.2, -0.15) is 0 Å². The van der Waals surface area contributed by atoms with Crippen LogP contribution in [-0.2, 0) is 9.53 Å². The maximum Gasteiger partial charge on any atom is 0.379 e. The Labute approximate surface area is 99.2 Å². The highest BCUT2D eigenvalue weighted by Crippen LogP contribution is 2.21. The molecule has 1 aromatic carbocycles. The molecule has 0 spiro atoms. The van der Waals surface area contributed by atoms with Gasteiger partial charge in [-0.3, -0.25) is 4.79 Å². The Balaban J connectivity index is 2.96. The van der Waals surface area contributed by atoms with Crippen molar-refractivity contribution in [3.05, 3.63) is 29.3 Å². The summed E-state index contributed by atoms with van der Waals surface area (Å²) < 4.78 is 4.67. The van der Waals surface area contributed by atoms with Crippen LogP contribution in [0.3, 0.4) is 0 Å². The lowest BCUT2D eigenvalue weighted by Gasteiger charge is -2.05. The van der Waals surface area contributed by atoms with Crippen molar-refractivity contribution >= 4 is 23.5 Å². The van der Waals surface area contributed by atoms with Gasteiger partial charge in [0, 0.05) is 10.5 Å². The summed E-state index contributed by atoms with van der Waals surface area (Å²) in [5, 5.41) is 0. The second-order valence-corrected chi connectivity index (χ2v) is 4.08. The maximum absolute atomic E-state index is 11.6. The topological polar surface area (TPSA) is 43.4 Å². The maximum atomic E-state index is 11.6. The van der Waals surface area contributed by atoms with E-state index in [1.54, 1.807) is 30.8 Å². The zero-order chi connectivity index (χ0) is 12.1. The van der Waals surface area contributed by atoms with E-state index in [4.69, 9.17) is 0 Å². The molecule has 0 aliphatic rings. The fraction of sp³-hybridized carbons (Fsp3) is 0.333. The smallest absolute Gasteiger partial charge is 0.379 e. The normalized spacial score (nSPS) is 9.94. The van der Waals surface area contributed by atoms with Crippen molar-refractivity contribution in [2.75, 3.05) is 12.9 Å². The van der Waals surface area contributed by atoms with Crippen LogP contribution in [0, 0.1) is 6.92 Å². The van der Waals surface area contributed by atoms with Gasteiger partial charge in [0.15, 0.2) is 0 Å². The number of hydrogen-bond donors (Lipinski definition) is 0. The molecule has 3 nitrogen and oxygen atoms in total. The third-order valence-corrected chi connectivity index (χ3v) is 3.01. The Morgan fingerprint density at radius 3 is 2.62 bits per heavy atom. The summed E-state index contributed by atoms with van der Waals surface area (Å²) in [5.41, 5.74) is 1.47. The fourth-order valence-corrected chi connectivity index (χ4v) is 1.91. The van der Waals surface area contributed by atoms with Gasteiger partial charge in [-0.1, -0.05) is 12.1 Å². The lowest BCUT2D eigenvalue weighted by Crippen LogP contribution is -2.17. The van der Waals surface area contributed by atoms with Crippen LogP contribution in [-0.4, -0.2) is 24.6 Å². The molecule has 86 valence electrons. The van der Waals surface area contributed by atoms with E-state index in [0.717, 1.165) is 10.5 Å². The Bertz CT molecular complexity index is 413.